The molecule has 0 heterocycles. The zero-order valence-electron chi connectivity index (χ0n) is 4.44. The predicted molar refractivity (Wildman–Crippen MR) is 28.4 cm³/mol. The van der Waals surface area contributed by atoms with Gasteiger partial charge in [0.05, 0.1) is 0 Å². The topological polar surface area (TPSA) is 34.1 Å². The first kappa shape index (κ1) is 5.22. The number of allylic oxidation sites excluding steroid dienone is 1. The molecule has 0 N–H and O–H groups in total. The van der Waals surface area contributed by atoms with Crippen LogP contribution in [-0.2, 0) is 9.59 Å². The van der Waals surface area contributed by atoms with E-state index in [4.69, 9.17) is 0 Å². The molecular weight excluding hydrogens is 104 g/mol. The van der Waals surface area contributed by atoms with Gasteiger partial charge < -0.3 is 0 Å². The maximum absolute atomic E-state index is 10.4. The van der Waals surface area contributed by atoms with E-state index in [1.807, 2.05) is 0 Å². The summed E-state index contributed by atoms with van der Waals surface area (Å²) >= 11 is 0. The van der Waals surface area contributed by atoms with Crippen molar-refractivity contribution in [3.63, 3.8) is 0 Å². The summed E-state index contributed by atoms with van der Waals surface area (Å²) in [6.07, 6.45) is 0.553. The van der Waals surface area contributed by atoms with E-state index in [1.165, 1.54) is 0 Å². The van der Waals surface area contributed by atoms with Gasteiger partial charge in [-0.15, -0.1) is 0 Å². The van der Waals surface area contributed by atoms with Crippen molar-refractivity contribution < 1.29 is 9.59 Å². The van der Waals surface area contributed by atoms with Crippen LogP contribution in [0.5, 0.6) is 0 Å². The number of Topliss-reactive ketones (excluding diaryl/α,β-unsaturated/α-hetero) is 2. The minimum Gasteiger partial charge on any atom is -0.291 e. The van der Waals surface area contributed by atoms with E-state index in [-0.39, 0.29) is 24.4 Å². The van der Waals surface area contributed by atoms with Crippen LogP contribution in [0.15, 0.2) is 12.2 Å². The molecule has 0 atom stereocenters. The SMILES string of the molecule is C=C1CC(=O)C(=O)C1. The highest BCUT2D eigenvalue weighted by molar-refractivity contribution is 6.40. The van der Waals surface area contributed by atoms with E-state index in [9.17, 15) is 9.59 Å². The molecule has 42 valence electrons. The highest BCUT2D eigenvalue weighted by Gasteiger charge is 2.22. The van der Waals surface area contributed by atoms with E-state index < -0.39 is 0 Å². The van der Waals surface area contributed by atoms with Crippen LogP contribution in [0, 0.1) is 0 Å². The van der Waals surface area contributed by atoms with Crippen LogP contribution in [0.3, 0.4) is 0 Å². The van der Waals surface area contributed by atoms with Crippen molar-refractivity contribution in [1.29, 1.82) is 0 Å². The van der Waals surface area contributed by atoms with Crippen LogP contribution in [0.25, 0.3) is 0 Å². The van der Waals surface area contributed by atoms with Crippen LogP contribution in [-0.4, -0.2) is 11.6 Å². The molecule has 0 aromatic carbocycles. The van der Waals surface area contributed by atoms with Crippen molar-refractivity contribution >= 4 is 11.6 Å². The van der Waals surface area contributed by atoms with Gasteiger partial charge in [0.2, 0.25) is 11.6 Å². The molecule has 0 saturated heterocycles. The Hall–Kier alpha value is -0.920. The summed E-state index contributed by atoms with van der Waals surface area (Å²) in [5, 5.41) is 0. The zero-order chi connectivity index (χ0) is 6.15. The summed E-state index contributed by atoms with van der Waals surface area (Å²) in [7, 11) is 0. The van der Waals surface area contributed by atoms with E-state index in [0.29, 0.717) is 0 Å². The summed E-state index contributed by atoms with van der Waals surface area (Å²) in [5.74, 6) is -0.565. The number of ketones is 2. The van der Waals surface area contributed by atoms with Crippen molar-refractivity contribution in [3.8, 4) is 0 Å². The molecule has 1 aliphatic rings. The Labute approximate surface area is 47.2 Å². The molecule has 1 fully saturated rings. The summed E-state index contributed by atoms with van der Waals surface area (Å²) in [6, 6.07) is 0. The zero-order valence-corrected chi connectivity index (χ0v) is 4.44. The Kier molecular flexibility index (Phi) is 1.01. The van der Waals surface area contributed by atoms with Crippen molar-refractivity contribution in [2.24, 2.45) is 0 Å². The van der Waals surface area contributed by atoms with E-state index in [1.54, 1.807) is 0 Å². The van der Waals surface area contributed by atoms with E-state index in [0.717, 1.165) is 5.57 Å². The molecule has 8 heavy (non-hydrogen) atoms. The van der Waals surface area contributed by atoms with Crippen LogP contribution >= 0.6 is 0 Å². The van der Waals surface area contributed by atoms with Crippen molar-refractivity contribution in [2.75, 3.05) is 0 Å². The lowest BCUT2D eigenvalue weighted by atomic mass is 10.3. The molecule has 0 aromatic rings. The highest BCUT2D eigenvalue weighted by Crippen LogP contribution is 2.14. The number of hydrogen-bond acceptors (Lipinski definition) is 2. The Morgan fingerprint density at radius 3 is 1.62 bits per heavy atom. The molecule has 2 nitrogen and oxygen atoms in total. The molecule has 0 aromatic heterocycles. The van der Waals surface area contributed by atoms with Gasteiger partial charge in [-0.2, -0.15) is 0 Å². The maximum atomic E-state index is 10.4. The fourth-order valence-electron chi connectivity index (χ4n) is 0.714. The van der Waals surface area contributed by atoms with Crippen LogP contribution < -0.4 is 0 Å². The first-order valence-corrected chi connectivity index (χ1v) is 2.43. The van der Waals surface area contributed by atoms with Gasteiger partial charge in [0, 0.05) is 12.8 Å². The molecule has 0 radical (unpaired) electrons. The lowest BCUT2D eigenvalue weighted by Crippen LogP contribution is -2.01. The van der Waals surface area contributed by atoms with Gasteiger partial charge >= 0.3 is 0 Å². The molecule has 2 heteroatoms. The average molecular weight is 110 g/mol. The third-order valence-corrected chi connectivity index (χ3v) is 1.13. The Morgan fingerprint density at radius 2 is 1.50 bits per heavy atom. The second-order valence-electron chi connectivity index (χ2n) is 1.95. The van der Waals surface area contributed by atoms with Gasteiger partial charge in [-0.1, -0.05) is 12.2 Å². The molecule has 1 rings (SSSR count). The normalized spacial score (nSPS) is 20.2. The monoisotopic (exact) mass is 110 g/mol. The second kappa shape index (κ2) is 1.54. The second-order valence-corrected chi connectivity index (χ2v) is 1.95. The summed E-state index contributed by atoms with van der Waals surface area (Å²) in [4.78, 5) is 20.7. The van der Waals surface area contributed by atoms with Gasteiger partial charge in [0.25, 0.3) is 0 Å². The van der Waals surface area contributed by atoms with Gasteiger partial charge in [0.15, 0.2) is 0 Å². The van der Waals surface area contributed by atoms with Crippen LogP contribution in [0.4, 0.5) is 0 Å². The molecular formula is C6H6O2. The molecule has 0 aliphatic heterocycles. The first-order valence-electron chi connectivity index (χ1n) is 2.43. The van der Waals surface area contributed by atoms with Crippen LogP contribution in [0.1, 0.15) is 12.8 Å². The number of rotatable bonds is 0. The van der Waals surface area contributed by atoms with Crippen LogP contribution in [0.2, 0.25) is 0 Å². The third-order valence-electron chi connectivity index (χ3n) is 1.13. The average Bonchev–Trinajstić information content (AvgIpc) is 1.85. The van der Waals surface area contributed by atoms with Gasteiger partial charge in [-0.25, -0.2) is 0 Å². The highest BCUT2D eigenvalue weighted by atomic mass is 16.2. The molecule has 0 unspecified atom stereocenters. The lowest BCUT2D eigenvalue weighted by Gasteiger charge is -1.77. The largest absolute Gasteiger partial charge is 0.291 e. The predicted octanol–water partition coefficient (Wildman–Crippen LogP) is 0.475. The van der Waals surface area contributed by atoms with Gasteiger partial charge in [-0.05, 0) is 0 Å². The van der Waals surface area contributed by atoms with Crippen molar-refractivity contribution in [3.05, 3.63) is 12.2 Å². The quantitative estimate of drug-likeness (QED) is 0.335. The smallest absolute Gasteiger partial charge is 0.202 e. The number of hydrogen-bond donors (Lipinski definition) is 0. The molecule has 1 aliphatic carbocycles. The molecule has 0 amide bonds. The molecule has 1 saturated carbocycles. The molecule has 0 spiro atoms. The standard InChI is InChI=1S/C6H6O2/c1-4-2-5(7)6(8)3-4/h1-3H2. The summed E-state index contributed by atoms with van der Waals surface area (Å²) in [6.45, 7) is 3.51. The Bertz CT molecular complexity index is 149. The Morgan fingerprint density at radius 1 is 1.12 bits per heavy atom. The molecule has 0 bridgehead atoms. The van der Waals surface area contributed by atoms with Crippen molar-refractivity contribution in [2.45, 2.75) is 12.8 Å². The Balaban J connectivity index is 2.79. The fourth-order valence-corrected chi connectivity index (χ4v) is 0.714. The van der Waals surface area contributed by atoms with Gasteiger partial charge in [-0.3, -0.25) is 9.59 Å². The minimum atomic E-state index is -0.282. The number of carbonyl (C=O) groups is 2. The lowest BCUT2D eigenvalue weighted by molar-refractivity contribution is -0.134. The number of carbonyl (C=O) groups excluding carboxylic acids is 2. The minimum absolute atomic E-state index is 0.277. The summed E-state index contributed by atoms with van der Waals surface area (Å²) < 4.78 is 0. The van der Waals surface area contributed by atoms with E-state index >= 15 is 0 Å². The fraction of sp³-hybridized carbons (Fsp3) is 0.333. The maximum Gasteiger partial charge on any atom is 0.202 e. The first-order chi connectivity index (χ1) is 3.70. The summed E-state index contributed by atoms with van der Waals surface area (Å²) in [5.41, 5.74) is 0.750. The van der Waals surface area contributed by atoms with Gasteiger partial charge in [0.1, 0.15) is 0 Å². The van der Waals surface area contributed by atoms with E-state index in [2.05, 4.69) is 6.58 Å². The third kappa shape index (κ3) is 0.689. The van der Waals surface area contributed by atoms with Crippen molar-refractivity contribution in [1.82, 2.24) is 0 Å².